The second-order valence-corrected chi connectivity index (χ2v) is 18.3. The Hall–Kier alpha value is -5.02. The summed E-state index contributed by atoms with van der Waals surface area (Å²) in [6.45, 7) is 3.20. The molecule has 2 saturated heterocycles. The number of carbonyl (C=O) groups excluding carboxylic acids is 2. The molecular weight excluding hydrogens is 747 g/mol. The number of phenols is 1. The molecule has 0 unspecified atom stereocenters. The first kappa shape index (κ1) is 39.1. The van der Waals surface area contributed by atoms with E-state index in [1.165, 1.54) is 5.56 Å². The van der Waals surface area contributed by atoms with Gasteiger partial charge in [-0.15, -0.1) is 0 Å². The molecule has 3 aromatic carbocycles. The number of hydrogen-bond donors (Lipinski definition) is 4. The molecule has 0 radical (unpaired) electrons. The number of rotatable bonds is 9. The van der Waals surface area contributed by atoms with Gasteiger partial charge in [0, 0.05) is 22.5 Å². The van der Waals surface area contributed by atoms with Crippen LogP contribution in [0.5, 0.6) is 5.75 Å². The van der Waals surface area contributed by atoms with Crippen LogP contribution in [0.3, 0.4) is 0 Å². The number of cyclic esters (lactones) is 2. The Balaban J connectivity index is 1.19. The minimum atomic E-state index is -0.910. The predicted octanol–water partition coefficient (Wildman–Crippen LogP) is 9.22. The average Bonchev–Trinajstić information content (AvgIpc) is 3.75. The zero-order chi connectivity index (χ0) is 41.2. The number of aromatic hydroxyl groups is 1. The molecule has 3 heterocycles. The fourth-order valence-electron chi connectivity index (χ4n) is 12.6. The second kappa shape index (κ2) is 15.5. The highest BCUT2D eigenvalue weighted by atomic mass is 16.5. The van der Waals surface area contributed by atoms with Gasteiger partial charge in [-0.25, -0.2) is 9.59 Å². The van der Waals surface area contributed by atoms with E-state index >= 15 is 4.79 Å². The quantitative estimate of drug-likeness (QED) is 0.125. The number of likely N-dealkylation sites (N-methyl/N-ethyl adjacent to an activating group) is 1. The molecule has 8 aliphatic rings. The molecule has 60 heavy (non-hydrogen) atoms. The molecule has 3 aliphatic heterocycles. The van der Waals surface area contributed by atoms with Crippen LogP contribution in [-0.2, 0) is 25.5 Å². The SMILES string of the molecule is CC[C@H](/C=C1\OC(=O)C2=C3c4cc(O)ccc4-c4cccc(c4)[C@@H](NC)/C=C/[C@@]45CCC6=C(C(=O)OC6=CCC[C@@H]6CCN[C@H](NC)C6)[C@@H]4[C@]21CC[C@@H]35)Cc1ccccc1. The van der Waals surface area contributed by atoms with Crippen molar-refractivity contribution in [2.75, 3.05) is 20.6 Å². The van der Waals surface area contributed by atoms with Gasteiger partial charge in [0.1, 0.15) is 17.3 Å². The number of carbonyl (C=O) groups is 2. The Morgan fingerprint density at radius 3 is 2.62 bits per heavy atom. The Kier molecular flexibility index (Phi) is 10.1. The van der Waals surface area contributed by atoms with E-state index in [-0.39, 0.29) is 41.5 Å². The lowest BCUT2D eigenvalue weighted by Crippen LogP contribution is -2.58. The van der Waals surface area contributed by atoms with Gasteiger partial charge in [-0.2, -0.15) is 0 Å². The van der Waals surface area contributed by atoms with Crippen molar-refractivity contribution in [3.63, 3.8) is 0 Å². The fraction of sp³-hybridized carbons (Fsp3) is 0.423. The van der Waals surface area contributed by atoms with Gasteiger partial charge in [0.25, 0.3) is 0 Å². The molecule has 8 atom stereocenters. The van der Waals surface area contributed by atoms with E-state index in [0.29, 0.717) is 42.0 Å². The standard InChI is InChI=1S/C52H57N3O5/c1-4-31(26-32-10-6-5-7-11-32)27-43-52-24-19-40-45(47(52)50(58)60-43)39-30-36(56)16-17-37(39)34-13-9-14-35(29-34)41(53-2)20-23-51(40)22-18-38-42(59-49(57)46(38)48(51)52)15-8-12-33-21-25-55-44(28-33)54-3/h5-7,9-11,13-17,20,23,27,29-31,33,40-41,44,48,53-56H,4,8,12,18-19,21-22,24-26,28H2,1-3H3/b23-20+,42-15?,43-27-/t31-,33+,40-,41-,44-,48-,51+,52-/m0/s1. The van der Waals surface area contributed by atoms with Gasteiger partial charge in [-0.3, -0.25) is 0 Å². The van der Waals surface area contributed by atoms with Gasteiger partial charge in [0.2, 0.25) is 0 Å². The molecule has 3 fully saturated rings. The van der Waals surface area contributed by atoms with Gasteiger partial charge in [0.15, 0.2) is 0 Å². The third-order valence-corrected chi connectivity index (χ3v) is 15.3. The predicted molar refractivity (Wildman–Crippen MR) is 234 cm³/mol. The van der Waals surface area contributed by atoms with Gasteiger partial charge in [-0.1, -0.05) is 73.7 Å². The fourth-order valence-corrected chi connectivity index (χ4v) is 12.6. The average molecular weight is 804 g/mol. The first-order valence-corrected chi connectivity index (χ1v) is 22.4. The number of phenolic OH excluding ortho intramolecular Hbond substituents is 1. The summed E-state index contributed by atoms with van der Waals surface area (Å²) >= 11 is 0. The second-order valence-electron chi connectivity index (χ2n) is 18.3. The van der Waals surface area contributed by atoms with E-state index in [1.807, 2.05) is 32.3 Å². The van der Waals surface area contributed by atoms with Crippen molar-refractivity contribution in [3.8, 4) is 16.9 Å². The maximum absolute atomic E-state index is 15.0. The van der Waals surface area contributed by atoms with E-state index in [9.17, 15) is 9.90 Å². The van der Waals surface area contributed by atoms with Crippen LogP contribution in [0, 0.1) is 34.5 Å². The molecule has 2 spiro atoms. The van der Waals surface area contributed by atoms with Crippen molar-refractivity contribution in [3.05, 3.63) is 142 Å². The van der Waals surface area contributed by atoms with Crippen LogP contribution in [-0.4, -0.2) is 43.9 Å². The lowest BCUT2D eigenvalue weighted by atomic mass is 9.38. The van der Waals surface area contributed by atoms with Crippen molar-refractivity contribution < 1.29 is 24.2 Å². The van der Waals surface area contributed by atoms with E-state index in [1.54, 1.807) is 6.07 Å². The van der Waals surface area contributed by atoms with Crippen LogP contribution >= 0.6 is 0 Å². The summed E-state index contributed by atoms with van der Waals surface area (Å²) in [5.74, 6) is 1.12. The summed E-state index contributed by atoms with van der Waals surface area (Å²) in [5.41, 5.74) is 7.10. The molecule has 4 N–H and O–H groups in total. The summed E-state index contributed by atoms with van der Waals surface area (Å²) in [6.07, 6.45) is 18.2. The molecule has 8 heteroatoms. The molecule has 6 bridgehead atoms. The van der Waals surface area contributed by atoms with Crippen molar-refractivity contribution in [2.45, 2.75) is 83.3 Å². The Morgan fingerprint density at radius 1 is 0.933 bits per heavy atom. The highest BCUT2D eigenvalue weighted by molar-refractivity contribution is 6.08. The molecule has 310 valence electrons. The number of fused-ring (bicyclic) bond motifs is 5. The number of hydrogen-bond acceptors (Lipinski definition) is 8. The van der Waals surface area contributed by atoms with Crippen LogP contribution in [0.25, 0.3) is 16.7 Å². The zero-order valence-corrected chi connectivity index (χ0v) is 35.1. The van der Waals surface area contributed by atoms with E-state index in [4.69, 9.17) is 9.47 Å². The van der Waals surface area contributed by atoms with E-state index < -0.39 is 10.8 Å². The molecular formula is C52H57N3O5. The maximum Gasteiger partial charge on any atom is 0.340 e. The van der Waals surface area contributed by atoms with Crippen molar-refractivity contribution in [1.29, 1.82) is 0 Å². The highest BCUT2D eigenvalue weighted by Gasteiger charge is 2.73. The molecule has 3 aromatic rings. The third kappa shape index (κ3) is 6.20. The number of benzene rings is 3. The van der Waals surface area contributed by atoms with Crippen LogP contribution in [0.15, 0.2) is 125 Å². The van der Waals surface area contributed by atoms with Crippen molar-refractivity contribution >= 4 is 17.5 Å². The summed E-state index contributed by atoms with van der Waals surface area (Å²) in [7, 11) is 4.00. The minimum Gasteiger partial charge on any atom is -0.508 e. The van der Waals surface area contributed by atoms with Gasteiger partial charge < -0.3 is 30.5 Å². The van der Waals surface area contributed by atoms with Gasteiger partial charge in [-0.05, 0) is 166 Å². The van der Waals surface area contributed by atoms with E-state index in [2.05, 4.69) is 95.7 Å². The van der Waals surface area contributed by atoms with Crippen LogP contribution in [0.1, 0.15) is 87.4 Å². The zero-order valence-electron chi connectivity index (χ0n) is 35.1. The lowest BCUT2D eigenvalue weighted by Gasteiger charge is -2.62. The normalized spacial score (nSPS) is 32.5. The monoisotopic (exact) mass is 803 g/mol. The molecule has 0 amide bonds. The first-order chi connectivity index (χ1) is 29.3. The maximum atomic E-state index is 15.0. The molecule has 0 aromatic heterocycles. The van der Waals surface area contributed by atoms with Crippen LogP contribution < -0.4 is 16.0 Å². The molecule has 1 saturated carbocycles. The lowest BCUT2D eigenvalue weighted by molar-refractivity contribution is -0.135. The molecule has 5 aliphatic carbocycles. The third-order valence-electron chi connectivity index (χ3n) is 15.3. The minimum absolute atomic E-state index is 0.0887. The molecule has 8 nitrogen and oxygen atoms in total. The first-order valence-electron chi connectivity index (χ1n) is 22.4. The van der Waals surface area contributed by atoms with Gasteiger partial charge in [0.05, 0.1) is 23.2 Å². The summed E-state index contributed by atoms with van der Waals surface area (Å²) in [4.78, 5) is 29.8. The number of nitrogens with one attached hydrogen (secondary N) is 3. The van der Waals surface area contributed by atoms with Gasteiger partial charge >= 0.3 is 11.9 Å². The largest absolute Gasteiger partial charge is 0.508 e. The number of esters is 2. The van der Waals surface area contributed by atoms with E-state index in [0.717, 1.165) is 96.9 Å². The molecule has 11 rings (SSSR count). The van der Waals surface area contributed by atoms with Crippen LogP contribution in [0.2, 0.25) is 0 Å². The number of piperidine rings is 1. The van der Waals surface area contributed by atoms with Crippen molar-refractivity contribution in [1.82, 2.24) is 16.0 Å². The number of allylic oxidation sites excluding steroid dienone is 6. The highest BCUT2D eigenvalue weighted by Crippen LogP contribution is 2.76. The Labute approximate surface area is 353 Å². The van der Waals surface area contributed by atoms with Crippen molar-refractivity contribution in [2.24, 2.45) is 34.5 Å². The Bertz CT molecular complexity index is 2390. The van der Waals surface area contributed by atoms with Crippen LogP contribution in [0.4, 0.5) is 0 Å². The topological polar surface area (TPSA) is 109 Å². The smallest absolute Gasteiger partial charge is 0.340 e. The summed E-state index contributed by atoms with van der Waals surface area (Å²) < 4.78 is 13.1. The Morgan fingerprint density at radius 2 is 1.80 bits per heavy atom. The number of ether oxygens (including phenoxy) is 2. The summed E-state index contributed by atoms with van der Waals surface area (Å²) in [5, 5.41) is 21.8. The summed E-state index contributed by atoms with van der Waals surface area (Å²) in [6, 6.07) is 24.6.